The fourth-order valence-electron chi connectivity index (χ4n) is 6.12. The van der Waals surface area contributed by atoms with Gasteiger partial charge < -0.3 is 11.8 Å². The van der Waals surface area contributed by atoms with Crippen molar-refractivity contribution in [2.45, 2.75) is 64.2 Å². The van der Waals surface area contributed by atoms with Crippen molar-refractivity contribution < 1.29 is 30.6 Å². The molecule has 2 fully saturated rings. The molecule has 2 aliphatic rings. The molecule has 1 aromatic heterocycles. The van der Waals surface area contributed by atoms with Gasteiger partial charge in [0.15, 0.2) is 0 Å². The van der Waals surface area contributed by atoms with E-state index in [4.69, 9.17) is 0 Å². The van der Waals surface area contributed by atoms with E-state index in [1.807, 2.05) is 12.1 Å². The van der Waals surface area contributed by atoms with Gasteiger partial charge in [0.2, 0.25) is 0 Å². The Kier molecular flexibility index (Phi) is 17.6. The Bertz CT molecular complexity index is 1060. The molecule has 0 radical (unpaired) electrons. The van der Waals surface area contributed by atoms with Gasteiger partial charge in [-0.1, -0.05) is 186 Å². The van der Waals surface area contributed by atoms with Gasteiger partial charge in [0.1, 0.15) is 6.15 Å². The molecule has 0 amide bonds. The first-order valence-electron chi connectivity index (χ1n) is 15.3. The molecule has 1 nitrogen and oxygen atoms in total. The van der Waals surface area contributed by atoms with Crippen LogP contribution in [-0.4, -0.2) is 6.15 Å². The van der Waals surface area contributed by atoms with Crippen LogP contribution in [0.3, 0.4) is 0 Å². The topological polar surface area (TPSA) is 13.1 Å². The van der Waals surface area contributed by atoms with Gasteiger partial charge >= 0.3 is 26.2 Å². The third-order valence-corrected chi connectivity index (χ3v) is 8.12. The Morgan fingerprint density at radius 3 is 0.714 bits per heavy atom. The van der Waals surface area contributed by atoms with Gasteiger partial charge in [0.25, 0.3) is 0 Å². The number of hydrogen-bond donors (Lipinski definition) is 0. The van der Waals surface area contributed by atoms with Crippen molar-refractivity contribution in [3.63, 3.8) is 0 Å². The summed E-state index contributed by atoms with van der Waals surface area (Å²) in [6.45, 7) is 0. The Morgan fingerprint density at radius 1 is 0.333 bits per heavy atom. The smallest absolute Gasteiger partial charge is 0.473 e. The molecule has 0 N–H and O–H groups in total. The van der Waals surface area contributed by atoms with E-state index in [-0.39, 0.29) is 33.6 Å². The van der Waals surface area contributed by atoms with E-state index >= 15 is 0 Å². The van der Waals surface area contributed by atoms with Crippen molar-refractivity contribution >= 4 is 28.0 Å². The van der Waals surface area contributed by atoms with Crippen molar-refractivity contribution in [3.05, 3.63) is 153 Å². The van der Waals surface area contributed by atoms with Gasteiger partial charge in [0.05, 0.1) is 12.5 Å². The zero-order chi connectivity index (χ0) is 27.6. The van der Waals surface area contributed by atoms with E-state index in [9.17, 15) is 0 Å². The summed E-state index contributed by atoms with van der Waals surface area (Å²) in [4.78, 5) is 0. The Balaban J connectivity index is 0.000000294. The predicted molar refractivity (Wildman–Crippen MR) is 181 cm³/mol. The molecule has 2 saturated carbocycles. The molecule has 0 aliphatic heterocycles. The summed E-state index contributed by atoms with van der Waals surface area (Å²) in [5, 5.41) is 0. The fourth-order valence-corrected chi connectivity index (χ4v) is 6.12. The molecular weight excluding hydrogens is 586 g/mol. The SMILES string of the molecule is C1CCCC1.C1CCCC1.[CH3-].[Zr+2].c1ccc([B-](c2ccccc2)(c2ccccc2)c2ccccc2)cc1.c1ccoc1. The van der Waals surface area contributed by atoms with Crippen LogP contribution in [0.5, 0.6) is 0 Å². The minimum atomic E-state index is -1.22. The molecule has 2 aliphatic carbocycles. The predicted octanol–water partition coefficient (Wildman–Crippen LogP) is 8.69. The Labute approximate surface area is 274 Å². The molecule has 0 atom stereocenters. The van der Waals surface area contributed by atoms with E-state index in [1.54, 1.807) is 12.5 Å². The first-order chi connectivity index (χ1) is 19.9. The minimum Gasteiger partial charge on any atom is -0.473 e. The third-order valence-electron chi connectivity index (χ3n) is 8.12. The van der Waals surface area contributed by atoms with Gasteiger partial charge in [0, 0.05) is 0 Å². The van der Waals surface area contributed by atoms with Crippen LogP contribution in [0.4, 0.5) is 0 Å². The molecule has 0 bridgehead atoms. The summed E-state index contributed by atoms with van der Waals surface area (Å²) in [5.74, 6) is 0. The maximum atomic E-state index is 4.58. The van der Waals surface area contributed by atoms with Gasteiger partial charge in [-0.05, 0) is 12.1 Å². The second-order valence-electron chi connectivity index (χ2n) is 10.8. The van der Waals surface area contributed by atoms with Crippen LogP contribution < -0.4 is 21.9 Å². The molecule has 0 unspecified atom stereocenters. The first kappa shape index (κ1) is 35.3. The van der Waals surface area contributed by atoms with Crippen LogP contribution in [0, 0.1) is 7.43 Å². The summed E-state index contributed by atoms with van der Waals surface area (Å²) in [6.07, 6.45) is 17.0. The normalized spacial score (nSPS) is 13.3. The summed E-state index contributed by atoms with van der Waals surface area (Å²) in [7, 11) is 0. The molecule has 3 heteroatoms. The molecule has 42 heavy (non-hydrogen) atoms. The van der Waals surface area contributed by atoms with Crippen molar-refractivity contribution in [1.29, 1.82) is 0 Å². The van der Waals surface area contributed by atoms with E-state index in [0.717, 1.165) is 0 Å². The van der Waals surface area contributed by atoms with Crippen LogP contribution >= 0.6 is 0 Å². The summed E-state index contributed by atoms with van der Waals surface area (Å²) in [5.41, 5.74) is 5.36. The van der Waals surface area contributed by atoms with Gasteiger partial charge in [-0.15, -0.1) is 0 Å². The zero-order valence-electron chi connectivity index (χ0n) is 25.4. The Morgan fingerprint density at radius 2 is 0.548 bits per heavy atom. The van der Waals surface area contributed by atoms with Crippen LogP contribution in [0.25, 0.3) is 0 Å². The van der Waals surface area contributed by atoms with E-state index in [1.165, 1.54) is 86.1 Å². The Hall–Kier alpha value is -2.89. The van der Waals surface area contributed by atoms with Crippen LogP contribution in [-0.2, 0) is 26.2 Å². The van der Waals surface area contributed by atoms with Crippen molar-refractivity contribution in [1.82, 2.24) is 0 Å². The molecule has 0 saturated heterocycles. The third kappa shape index (κ3) is 10.4. The van der Waals surface area contributed by atoms with E-state index in [0.29, 0.717) is 0 Å². The second-order valence-corrected chi connectivity index (χ2v) is 10.8. The van der Waals surface area contributed by atoms with E-state index in [2.05, 4.69) is 126 Å². The molecule has 1 heterocycles. The monoisotopic (exact) mass is 632 g/mol. The summed E-state index contributed by atoms with van der Waals surface area (Å²) >= 11 is 0. The fraction of sp³-hybridized carbons (Fsp3) is 0.256. The average molecular weight is 634 g/mol. The molecule has 216 valence electrons. The second kappa shape index (κ2) is 20.9. The molecule has 0 spiro atoms. The van der Waals surface area contributed by atoms with Crippen LogP contribution in [0.1, 0.15) is 64.2 Å². The minimum absolute atomic E-state index is 0. The van der Waals surface area contributed by atoms with Crippen molar-refractivity contribution in [2.75, 3.05) is 0 Å². The van der Waals surface area contributed by atoms with Gasteiger partial charge in [-0.2, -0.15) is 21.9 Å². The first-order valence-corrected chi connectivity index (χ1v) is 15.3. The van der Waals surface area contributed by atoms with Gasteiger partial charge in [-0.3, -0.25) is 0 Å². The maximum Gasteiger partial charge on any atom is 2.00 e. The molecule has 5 aromatic rings. The van der Waals surface area contributed by atoms with Crippen LogP contribution in [0.15, 0.2) is 150 Å². The van der Waals surface area contributed by atoms with Crippen molar-refractivity contribution in [2.24, 2.45) is 0 Å². The number of rotatable bonds is 4. The quantitative estimate of drug-likeness (QED) is 0.143. The number of furan rings is 1. The number of hydrogen-bond acceptors (Lipinski definition) is 1. The summed E-state index contributed by atoms with van der Waals surface area (Å²) in [6, 6.07) is 47.2. The summed E-state index contributed by atoms with van der Waals surface area (Å²) < 4.78 is 4.58. The maximum absolute atomic E-state index is 4.58. The average Bonchev–Trinajstić information content (AvgIpc) is 3.88. The number of benzene rings is 4. The molecule has 7 rings (SSSR count). The van der Waals surface area contributed by atoms with Crippen molar-refractivity contribution in [3.8, 4) is 0 Å². The molecule has 4 aromatic carbocycles. The van der Waals surface area contributed by atoms with Crippen LogP contribution in [0.2, 0.25) is 0 Å². The zero-order valence-corrected chi connectivity index (χ0v) is 27.9. The largest absolute Gasteiger partial charge is 2.00 e. The molecular formula is C39H47BOZr. The van der Waals surface area contributed by atoms with E-state index < -0.39 is 6.15 Å². The standard InChI is InChI=1S/C24H20B.2C5H10.C4H4O.CH3.Zr/c1-5-13-21(14-6-1)25(22-15-7-2-8-16-22,23-17-9-3-10-18-23)24-19-11-4-12-20-24;3*1-2-4-5-3-1;;/h1-20H;2*1-5H2;1-4H;1H3;/q-1;;;;-1;+2. The van der Waals surface area contributed by atoms with Gasteiger partial charge in [-0.25, -0.2) is 0 Å².